The van der Waals surface area contributed by atoms with E-state index in [4.69, 9.17) is 4.98 Å². The van der Waals surface area contributed by atoms with Crippen molar-refractivity contribution < 1.29 is 4.79 Å². The van der Waals surface area contributed by atoms with Gasteiger partial charge >= 0.3 is 0 Å². The van der Waals surface area contributed by atoms with Crippen LogP contribution in [0.2, 0.25) is 0 Å². The summed E-state index contributed by atoms with van der Waals surface area (Å²) < 4.78 is 2.24. The second kappa shape index (κ2) is 7.51. The van der Waals surface area contributed by atoms with E-state index in [1.54, 1.807) is 0 Å². The van der Waals surface area contributed by atoms with Gasteiger partial charge in [0.05, 0.1) is 17.6 Å². The van der Waals surface area contributed by atoms with Crippen LogP contribution in [-0.2, 0) is 13.1 Å². The fraction of sp³-hybridized carbons (Fsp3) is 0.333. The standard InChI is InChI=1S/C21H25N3O/c1-4-15(2)14-24-19-12-8-7-11-18(19)23-20(24)13-22-21(25)17-10-6-5-9-16(17)3/h5-12,15H,4,13-14H2,1-3H3,(H,22,25). The molecule has 3 rings (SSSR count). The molecule has 0 aliphatic heterocycles. The Bertz CT molecular complexity index is 882. The number of hydrogen-bond acceptors (Lipinski definition) is 2. The van der Waals surface area contributed by atoms with E-state index in [1.807, 2.05) is 49.4 Å². The summed E-state index contributed by atoms with van der Waals surface area (Å²) in [5, 5.41) is 3.03. The van der Waals surface area contributed by atoms with Crippen LogP contribution in [0, 0.1) is 12.8 Å². The smallest absolute Gasteiger partial charge is 0.251 e. The lowest BCUT2D eigenvalue weighted by Gasteiger charge is -2.14. The largest absolute Gasteiger partial charge is 0.345 e. The van der Waals surface area contributed by atoms with E-state index in [2.05, 4.69) is 29.8 Å². The Balaban J connectivity index is 1.84. The number of carbonyl (C=O) groups is 1. The average Bonchev–Trinajstić information content (AvgIpc) is 2.97. The van der Waals surface area contributed by atoms with E-state index in [0.29, 0.717) is 18.0 Å². The number of nitrogens with zero attached hydrogens (tertiary/aromatic N) is 2. The predicted octanol–water partition coefficient (Wildman–Crippen LogP) is 4.32. The molecule has 0 aliphatic carbocycles. The molecule has 0 radical (unpaired) electrons. The SMILES string of the molecule is CCC(C)Cn1c(CNC(=O)c2ccccc2C)nc2ccccc21. The van der Waals surface area contributed by atoms with E-state index in [9.17, 15) is 4.79 Å². The minimum absolute atomic E-state index is 0.0553. The summed E-state index contributed by atoms with van der Waals surface area (Å²) in [5.41, 5.74) is 3.80. The van der Waals surface area contributed by atoms with Crippen LogP contribution in [0.25, 0.3) is 11.0 Å². The molecule has 0 aliphatic rings. The maximum Gasteiger partial charge on any atom is 0.251 e. The number of aryl methyl sites for hydroxylation is 1. The fourth-order valence-corrected chi connectivity index (χ4v) is 2.99. The lowest BCUT2D eigenvalue weighted by atomic mass is 10.1. The molecule has 1 N–H and O–H groups in total. The zero-order valence-electron chi connectivity index (χ0n) is 15.1. The number of aromatic nitrogens is 2. The molecule has 0 spiro atoms. The lowest BCUT2D eigenvalue weighted by molar-refractivity contribution is 0.0949. The van der Waals surface area contributed by atoms with Gasteiger partial charge in [0.1, 0.15) is 5.82 Å². The predicted molar refractivity (Wildman–Crippen MR) is 102 cm³/mol. The van der Waals surface area contributed by atoms with E-state index < -0.39 is 0 Å². The molecule has 1 atom stereocenters. The van der Waals surface area contributed by atoms with Gasteiger partial charge in [-0.2, -0.15) is 0 Å². The van der Waals surface area contributed by atoms with Crippen molar-refractivity contribution in [1.82, 2.24) is 14.9 Å². The number of benzene rings is 2. The highest BCUT2D eigenvalue weighted by molar-refractivity contribution is 5.95. The van der Waals surface area contributed by atoms with Gasteiger partial charge in [-0.3, -0.25) is 4.79 Å². The van der Waals surface area contributed by atoms with Crippen molar-refractivity contribution in [2.75, 3.05) is 0 Å². The van der Waals surface area contributed by atoms with Gasteiger partial charge < -0.3 is 9.88 Å². The van der Waals surface area contributed by atoms with Crippen molar-refractivity contribution in [3.8, 4) is 0 Å². The molecule has 130 valence electrons. The quantitative estimate of drug-likeness (QED) is 0.729. The van der Waals surface area contributed by atoms with E-state index in [1.165, 1.54) is 0 Å². The third kappa shape index (κ3) is 3.73. The Morgan fingerprint density at radius 2 is 1.88 bits per heavy atom. The van der Waals surface area contributed by atoms with Crippen LogP contribution < -0.4 is 5.32 Å². The summed E-state index contributed by atoms with van der Waals surface area (Å²) in [6.07, 6.45) is 1.11. The Hall–Kier alpha value is -2.62. The van der Waals surface area contributed by atoms with Crippen LogP contribution in [0.15, 0.2) is 48.5 Å². The molecule has 1 heterocycles. The Morgan fingerprint density at radius 3 is 2.64 bits per heavy atom. The molecule has 4 heteroatoms. The molecule has 1 unspecified atom stereocenters. The lowest BCUT2D eigenvalue weighted by Crippen LogP contribution is -2.26. The van der Waals surface area contributed by atoms with Gasteiger partial charge in [-0.15, -0.1) is 0 Å². The van der Waals surface area contributed by atoms with Crippen LogP contribution >= 0.6 is 0 Å². The molecule has 0 fully saturated rings. The normalized spacial score (nSPS) is 12.3. The summed E-state index contributed by atoms with van der Waals surface area (Å²) >= 11 is 0. The van der Waals surface area contributed by atoms with Gasteiger partial charge in [0, 0.05) is 12.1 Å². The first kappa shape index (κ1) is 17.2. The maximum absolute atomic E-state index is 12.5. The molecular formula is C21H25N3O. The van der Waals surface area contributed by atoms with Crippen LogP contribution in [0.5, 0.6) is 0 Å². The third-order valence-corrected chi connectivity index (χ3v) is 4.72. The van der Waals surface area contributed by atoms with Gasteiger partial charge in [0.2, 0.25) is 0 Å². The molecule has 1 amide bonds. The molecular weight excluding hydrogens is 310 g/mol. The highest BCUT2D eigenvalue weighted by Crippen LogP contribution is 2.19. The fourth-order valence-electron chi connectivity index (χ4n) is 2.99. The summed E-state index contributed by atoms with van der Waals surface area (Å²) in [6, 6.07) is 15.8. The Morgan fingerprint density at radius 1 is 1.16 bits per heavy atom. The molecule has 0 saturated carbocycles. The first-order chi connectivity index (χ1) is 12.1. The zero-order chi connectivity index (χ0) is 17.8. The van der Waals surface area contributed by atoms with Gasteiger partial charge in [0.25, 0.3) is 5.91 Å². The van der Waals surface area contributed by atoms with Gasteiger partial charge in [-0.05, 0) is 36.6 Å². The number of amides is 1. The highest BCUT2D eigenvalue weighted by atomic mass is 16.1. The van der Waals surface area contributed by atoms with Crippen molar-refractivity contribution in [1.29, 1.82) is 0 Å². The molecule has 4 nitrogen and oxygen atoms in total. The van der Waals surface area contributed by atoms with Crippen molar-refractivity contribution in [2.24, 2.45) is 5.92 Å². The van der Waals surface area contributed by atoms with Gasteiger partial charge in [-0.1, -0.05) is 50.6 Å². The van der Waals surface area contributed by atoms with Gasteiger partial charge in [0.15, 0.2) is 0 Å². The third-order valence-electron chi connectivity index (χ3n) is 4.72. The van der Waals surface area contributed by atoms with Crippen molar-refractivity contribution >= 4 is 16.9 Å². The molecule has 25 heavy (non-hydrogen) atoms. The number of hydrogen-bond donors (Lipinski definition) is 1. The Kier molecular flexibility index (Phi) is 5.17. The summed E-state index contributed by atoms with van der Waals surface area (Å²) in [5.74, 6) is 1.41. The van der Waals surface area contributed by atoms with E-state index in [0.717, 1.165) is 35.4 Å². The molecule has 0 bridgehead atoms. The number of carbonyl (C=O) groups excluding carboxylic acids is 1. The second-order valence-electron chi connectivity index (χ2n) is 6.64. The van der Waals surface area contributed by atoms with E-state index in [-0.39, 0.29) is 5.91 Å². The van der Waals surface area contributed by atoms with Crippen molar-refractivity contribution in [3.05, 3.63) is 65.5 Å². The van der Waals surface area contributed by atoms with Crippen molar-refractivity contribution in [3.63, 3.8) is 0 Å². The van der Waals surface area contributed by atoms with Crippen LogP contribution in [0.3, 0.4) is 0 Å². The van der Waals surface area contributed by atoms with Crippen molar-refractivity contribution in [2.45, 2.75) is 40.3 Å². The number of rotatable bonds is 6. The molecule has 0 saturated heterocycles. The highest BCUT2D eigenvalue weighted by Gasteiger charge is 2.14. The average molecular weight is 335 g/mol. The zero-order valence-corrected chi connectivity index (χ0v) is 15.1. The number of imidazole rings is 1. The minimum Gasteiger partial charge on any atom is -0.345 e. The summed E-state index contributed by atoms with van der Waals surface area (Å²) in [6.45, 7) is 7.73. The summed E-state index contributed by atoms with van der Waals surface area (Å²) in [7, 11) is 0. The minimum atomic E-state index is -0.0553. The van der Waals surface area contributed by atoms with Gasteiger partial charge in [-0.25, -0.2) is 4.98 Å². The second-order valence-corrected chi connectivity index (χ2v) is 6.64. The first-order valence-electron chi connectivity index (χ1n) is 8.88. The Labute approximate surface area is 148 Å². The topological polar surface area (TPSA) is 46.9 Å². The van der Waals surface area contributed by atoms with Crippen LogP contribution in [0.4, 0.5) is 0 Å². The molecule has 1 aromatic heterocycles. The van der Waals surface area contributed by atoms with Crippen LogP contribution in [-0.4, -0.2) is 15.5 Å². The number of fused-ring (bicyclic) bond motifs is 1. The maximum atomic E-state index is 12.5. The summed E-state index contributed by atoms with van der Waals surface area (Å²) in [4.78, 5) is 17.2. The molecule has 2 aromatic carbocycles. The van der Waals surface area contributed by atoms with Crippen LogP contribution in [0.1, 0.15) is 42.0 Å². The number of para-hydroxylation sites is 2. The first-order valence-corrected chi connectivity index (χ1v) is 8.88. The molecule has 3 aromatic rings. The van der Waals surface area contributed by atoms with E-state index >= 15 is 0 Å². The monoisotopic (exact) mass is 335 g/mol. The number of nitrogens with one attached hydrogen (secondary N) is 1.